The molecule has 3 rings (SSSR count). The predicted molar refractivity (Wildman–Crippen MR) is 164 cm³/mol. The normalized spacial score (nSPS) is 15.9. The Balaban J connectivity index is 1.88. The van der Waals surface area contributed by atoms with E-state index in [1.807, 2.05) is 12.1 Å². The van der Waals surface area contributed by atoms with Gasteiger partial charge in [0.1, 0.15) is 0 Å². The smallest absolute Gasteiger partial charge is 0.166 e. The van der Waals surface area contributed by atoms with Crippen molar-refractivity contribution in [2.45, 2.75) is 116 Å². The number of rotatable bonds is 6. The van der Waals surface area contributed by atoms with E-state index in [0.717, 1.165) is 43.6 Å². The van der Waals surface area contributed by atoms with E-state index in [9.17, 15) is 9.59 Å². The van der Waals surface area contributed by atoms with E-state index in [1.54, 1.807) is 23.5 Å². The standard InChI is InChI=1S/C34H48O2S2/c1-31(2,3)19-23(33(7,8)9)29(35)21-13-15-25-27(17-21)37-26-16-14-22(18-28(26)38-25)30(36)24(34(10,11)12)20-32(4,5)6/h13-18,23-24H,19-20H2,1-12H3. The molecule has 1 aliphatic rings. The second kappa shape index (κ2) is 10.8. The molecule has 0 saturated carbocycles. The molecule has 2 atom stereocenters. The van der Waals surface area contributed by atoms with Crippen LogP contribution in [0.1, 0.15) is 117 Å². The van der Waals surface area contributed by atoms with E-state index in [0.29, 0.717) is 0 Å². The fourth-order valence-electron chi connectivity index (χ4n) is 5.10. The Morgan fingerprint density at radius 3 is 1.13 bits per heavy atom. The molecule has 1 aliphatic heterocycles. The number of carbonyl (C=O) groups excluding carboxylic acids is 2. The van der Waals surface area contributed by atoms with Crippen LogP contribution in [0.15, 0.2) is 56.0 Å². The number of hydrogen-bond acceptors (Lipinski definition) is 4. The molecule has 2 aromatic carbocycles. The number of benzene rings is 2. The number of Topliss-reactive ketones (excluding diaryl/α,β-unsaturated/α-hetero) is 2. The first-order valence-corrected chi connectivity index (χ1v) is 15.5. The third-order valence-corrected chi connectivity index (χ3v) is 9.78. The average molecular weight is 553 g/mol. The minimum atomic E-state index is -0.102. The fraction of sp³-hybridized carbons (Fsp3) is 0.588. The number of carbonyl (C=O) groups is 2. The Kier molecular flexibility index (Phi) is 8.82. The Bertz CT molecular complexity index is 1100. The lowest BCUT2D eigenvalue weighted by Gasteiger charge is -2.35. The van der Waals surface area contributed by atoms with E-state index < -0.39 is 0 Å². The highest BCUT2D eigenvalue weighted by molar-refractivity contribution is 8.05. The van der Waals surface area contributed by atoms with Crippen molar-refractivity contribution < 1.29 is 9.59 Å². The maximum Gasteiger partial charge on any atom is 0.166 e. The molecular formula is C34H48O2S2. The lowest BCUT2D eigenvalue weighted by molar-refractivity contribution is 0.0734. The summed E-state index contributed by atoms with van der Waals surface area (Å²) in [7, 11) is 0. The fourth-order valence-corrected chi connectivity index (χ4v) is 7.37. The maximum atomic E-state index is 13.7. The third-order valence-electron chi connectivity index (χ3n) is 7.25. The van der Waals surface area contributed by atoms with Gasteiger partial charge >= 0.3 is 0 Å². The molecule has 0 N–H and O–H groups in total. The summed E-state index contributed by atoms with van der Waals surface area (Å²) >= 11 is 3.41. The van der Waals surface area contributed by atoms with Crippen LogP contribution < -0.4 is 0 Å². The molecule has 0 bridgehead atoms. The SMILES string of the molecule is CC(C)(C)CC(C(=O)c1ccc2c(c1)Sc1ccc(C(=O)C(CC(C)(C)C)C(C)(C)C)cc1S2)C(C)(C)C. The van der Waals surface area contributed by atoms with Crippen molar-refractivity contribution in [3.8, 4) is 0 Å². The molecule has 0 spiro atoms. The minimum absolute atomic E-state index is 0.0356. The first-order valence-electron chi connectivity index (χ1n) is 13.9. The zero-order valence-electron chi connectivity index (χ0n) is 25.7. The zero-order valence-corrected chi connectivity index (χ0v) is 27.3. The molecule has 2 nitrogen and oxygen atoms in total. The van der Waals surface area contributed by atoms with Crippen LogP contribution in [0.3, 0.4) is 0 Å². The maximum absolute atomic E-state index is 13.7. The predicted octanol–water partition coefficient (Wildman–Crippen LogP) is 10.9. The highest BCUT2D eigenvalue weighted by Crippen LogP contribution is 2.50. The van der Waals surface area contributed by atoms with Crippen LogP contribution in [0, 0.1) is 33.5 Å². The lowest BCUT2D eigenvalue weighted by Crippen LogP contribution is -2.32. The number of hydrogen-bond donors (Lipinski definition) is 0. The molecule has 4 heteroatoms. The Hall–Kier alpha value is -1.52. The number of fused-ring (bicyclic) bond motifs is 2. The van der Waals surface area contributed by atoms with Gasteiger partial charge in [-0.15, -0.1) is 0 Å². The lowest BCUT2D eigenvalue weighted by atomic mass is 9.69. The van der Waals surface area contributed by atoms with E-state index in [-0.39, 0.29) is 45.1 Å². The molecule has 0 aliphatic carbocycles. The van der Waals surface area contributed by atoms with Gasteiger partial charge in [-0.05, 0) is 58.8 Å². The van der Waals surface area contributed by atoms with Gasteiger partial charge in [0.15, 0.2) is 11.6 Å². The number of ketones is 2. The zero-order chi connectivity index (χ0) is 28.8. The first-order chi connectivity index (χ1) is 17.2. The second-order valence-corrected chi connectivity index (χ2v) is 17.8. The van der Waals surface area contributed by atoms with E-state index in [2.05, 4.69) is 107 Å². The van der Waals surface area contributed by atoms with Crippen LogP contribution >= 0.6 is 23.5 Å². The summed E-state index contributed by atoms with van der Waals surface area (Å²) in [5.41, 5.74) is 1.56. The second-order valence-electron chi connectivity index (χ2n) is 15.6. The van der Waals surface area contributed by atoms with Crippen LogP contribution in [0.5, 0.6) is 0 Å². The summed E-state index contributed by atoms with van der Waals surface area (Å²) in [6.45, 7) is 26.3. The molecule has 0 aromatic heterocycles. The molecule has 208 valence electrons. The van der Waals surface area contributed by atoms with Crippen LogP contribution in [-0.4, -0.2) is 11.6 Å². The summed E-state index contributed by atoms with van der Waals surface area (Å²) in [6.07, 6.45) is 1.72. The molecule has 38 heavy (non-hydrogen) atoms. The highest BCUT2D eigenvalue weighted by atomic mass is 32.2. The molecule has 0 amide bonds. The Morgan fingerprint density at radius 2 is 0.868 bits per heavy atom. The first kappa shape index (κ1) is 31.0. The molecule has 1 heterocycles. The van der Waals surface area contributed by atoms with Gasteiger partial charge in [0.25, 0.3) is 0 Å². The van der Waals surface area contributed by atoms with Crippen LogP contribution in [0.2, 0.25) is 0 Å². The Labute approximate surface area is 240 Å². The topological polar surface area (TPSA) is 34.1 Å². The average Bonchev–Trinajstić information content (AvgIpc) is 2.75. The van der Waals surface area contributed by atoms with Crippen molar-refractivity contribution >= 4 is 35.1 Å². The largest absolute Gasteiger partial charge is 0.294 e. The summed E-state index contributed by atoms with van der Waals surface area (Å²) in [4.78, 5) is 32.0. The van der Waals surface area contributed by atoms with Crippen molar-refractivity contribution in [2.75, 3.05) is 0 Å². The molecule has 0 fully saturated rings. The van der Waals surface area contributed by atoms with E-state index in [4.69, 9.17) is 0 Å². The van der Waals surface area contributed by atoms with Crippen molar-refractivity contribution in [2.24, 2.45) is 33.5 Å². The Morgan fingerprint density at radius 1 is 0.553 bits per heavy atom. The monoisotopic (exact) mass is 552 g/mol. The van der Waals surface area contributed by atoms with Gasteiger partial charge in [-0.1, -0.05) is 119 Å². The van der Waals surface area contributed by atoms with Gasteiger partial charge in [-0.25, -0.2) is 0 Å². The van der Waals surface area contributed by atoms with Crippen molar-refractivity contribution in [3.05, 3.63) is 47.5 Å². The summed E-state index contributed by atoms with van der Waals surface area (Å²) in [5, 5.41) is 0. The van der Waals surface area contributed by atoms with Crippen molar-refractivity contribution in [1.29, 1.82) is 0 Å². The van der Waals surface area contributed by atoms with Crippen molar-refractivity contribution in [1.82, 2.24) is 0 Å². The van der Waals surface area contributed by atoms with E-state index in [1.165, 1.54) is 0 Å². The van der Waals surface area contributed by atoms with Gasteiger partial charge < -0.3 is 0 Å². The van der Waals surface area contributed by atoms with Gasteiger partial charge in [-0.2, -0.15) is 0 Å². The summed E-state index contributed by atoms with van der Waals surface area (Å²) in [5.74, 6) is 0.400. The van der Waals surface area contributed by atoms with Crippen molar-refractivity contribution in [3.63, 3.8) is 0 Å². The van der Waals surface area contributed by atoms with E-state index >= 15 is 0 Å². The molecule has 0 radical (unpaired) electrons. The summed E-state index contributed by atoms with van der Waals surface area (Å²) in [6, 6.07) is 12.3. The summed E-state index contributed by atoms with van der Waals surface area (Å²) < 4.78 is 0. The third kappa shape index (κ3) is 7.78. The quantitative estimate of drug-likeness (QED) is 0.285. The van der Waals surface area contributed by atoms with Gasteiger partial charge in [0.2, 0.25) is 0 Å². The van der Waals surface area contributed by atoms with Crippen LogP contribution in [0.4, 0.5) is 0 Å². The molecule has 2 unspecified atom stereocenters. The molecule has 0 saturated heterocycles. The van der Waals surface area contributed by atoms with Gasteiger partial charge in [0, 0.05) is 42.5 Å². The van der Waals surface area contributed by atoms with Crippen LogP contribution in [-0.2, 0) is 0 Å². The molecule has 2 aromatic rings. The van der Waals surface area contributed by atoms with Crippen LogP contribution in [0.25, 0.3) is 0 Å². The minimum Gasteiger partial charge on any atom is -0.294 e. The molecular weight excluding hydrogens is 505 g/mol. The van der Waals surface area contributed by atoms with Gasteiger partial charge in [-0.3, -0.25) is 9.59 Å². The highest BCUT2D eigenvalue weighted by Gasteiger charge is 2.37. The van der Waals surface area contributed by atoms with Gasteiger partial charge in [0.05, 0.1) is 0 Å².